The Morgan fingerprint density at radius 1 is 0.566 bits per heavy atom. The van der Waals surface area contributed by atoms with Crippen LogP contribution in [0.5, 0.6) is 11.5 Å². The van der Waals surface area contributed by atoms with E-state index in [1.165, 1.54) is 43.8 Å². The first-order valence-corrected chi connectivity index (χ1v) is 18.2. The standard InChI is InChI=1S/C49H33N3O/c1-49(2)39-20-9-11-22-42(39)53-48-45(49)36-18-7-6-17-35(36)44-37-19-8-10-21-41(37)52(47(44)48)43-28-33-24-23-31-25-26-40(51-46(31)38(33)29-50-43)34-16-12-15-32(27-34)30-13-4-3-5-14-30/h3-29H,1-2H3. The fourth-order valence-electron chi connectivity index (χ4n) is 8.73. The van der Waals surface area contributed by atoms with E-state index in [0.717, 1.165) is 61.3 Å². The average molecular weight is 680 g/mol. The van der Waals surface area contributed by atoms with Crippen LogP contribution in [0.4, 0.5) is 0 Å². The maximum atomic E-state index is 7.00. The third-order valence-electron chi connectivity index (χ3n) is 11.2. The number of benzene rings is 7. The SMILES string of the molecule is CC1(C)c2ccccc2Oc2c1c1ccccc1c1c3ccccc3n(-c3cc4ccc5ccc(-c6cccc(-c7ccccc7)c6)nc5c4cn3)c21. The van der Waals surface area contributed by atoms with Crippen molar-refractivity contribution in [1.82, 2.24) is 14.5 Å². The van der Waals surface area contributed by atoms with Crippen molar-refractivity contribution in [3.05, 3.63) is 175 Å². The van der Waals surface area contributed by atoms with Gasteiger partial charge < -0.3 is 4.74 Å². The van der Waals surface area contributed by atoms with Gasteiger partial charge in [0.1, 0.15) is 11.6 Å². The molecule has 7 aromatic carbocycles. The summed E-state index contributed by atoms with van der Waals surface area (Å²) in [7, 11) is 0. The van der Waals surface area contributed by atoms with Crippen molar-refractivity contribution < 1.29 is 4.74 Å². The van der Waals surface area contributed by atoms with Crippen molar-refractivity contribution in [3.63, 3.8) is 0 Å². The van der Waals surface area contributed by atoms with Crippen LogP contribution >= 0.6 is 0 Å². The quantitative estimate of drug-likeness (QED) is 0.175. The van der Waals surface area contributed by atoms with Gasteiger partial charge in [-0.15, -0.1) is 0 Å². The van der Waals surface area contributed by atoms with Crippen molar-refractivity contribution in [1.29, 1.82) is 0 Å². The highest BCUT2D eigenvalue weighted by molar-refractivity contribution is 6.24. The number of pyridine rings is 2. The van der Waals surface area contributed by atoms with E-state index >= 15 is 0 Å². The first-order valence-electron chi connectivity index (χ1n) is 18.2. The second kappa shape index (κ2) is 11.1. The molecule has 0 atom stereocenters. The largest absolute Gasteiger partial charge is 0.454 e. The van der Waals surface area contributed by atoms with Crippen LogP contribution in [0.3, 0.4) is 0 Å². The number of nitrogens with zero attached hydrogens (tertiary/aromatic N) is 3. The predicted molar refractivity (Wildman–Crippen MR) is 218 cm³/mol. The van der Waals surface area contributed by atoms with Gasteiger partial charge in [-0.3, -0.25) is 4.57 Å². The molecule has 53 heavy (non-hydrogen) atoms. The Hall–Kier alpha value is -6.78. The minimum atomic E-state index is -0.293. The van der Waals surface area contributed by atoms with Gasteiger partial charge in [0.2, 0.25) is 0 Å². The lowest BCUT2D eigenvalue weighted by Gasteiger charge is -2.36. The zero-order valence-electron chi connectivity index (χ0n) is 29.3. The van der Waals surface area contributed by atoms with Crippen LogP contribution in [0.15, 0.2) is 164 Å². The Morgan fingerprint density at radius 3 is 2.15 bits per heavy atom. The van der Waals surface area contributed by atoms with Crippen LogP contribution in [0.1, 0.15) is 25.0 Å². The molecule has 11 rings (SSSR count). The van der Waals surface area contributed by atoms with Gasteiger partial charge in [0.25, 0.3) is 0 Å². The van der Waals surface area contributed by atoms with Crippen LogP contribution in [0.25, 0.3) is 82.5 Å². The van der Waals surface area contributed by atoms with Crippen LogP contribution in [0, 0.1) is 0 Å². The lowest BCUT2D eigenvalue weighted by Crippen LogP contribution is -2.25. The molecule has 0 amide bonds. The molecule has 0 saturated heterocycles. The van der Waals surface area contributed by atoms with E-state index < -0.39 is 0 Å². The van der Waals surface area contributed by atoms with Gasteiger partial charge in [-0.1, -0.05) is 141 Å². The highest BCUT2D eigenvalue weighted by atomic mass is 16.5. The third-order valence-corrected chi connectivity index (χ3v) is 11.2. The minimum Gasteiger partial charge on any atom is -0.454 e. The number of aromatic nitrogens is 3. The number of fused-ring (bicyclic) bond motifs is 12. The maximum Gasteiger partial charge on any atom is 0.156 e. The molecule has 0 aliphatic carbocycles. The van der Waals surface area contributed by atoms with Crippen molar-refractivity contribution in [2.45, 2.75) is 19.3 Å². The molecule has 1 aliphatic heterocycles. The molecule has 4 heterocycles. The summed E-state index contributed by atoms with van der Waals surface area (Å²) < 4.78 is 9.31. The zero-order chi connectivity index (χ0) is 35.3. The fraction of sp³-hybridized carbons (Fsp3) is 0.0612. The Labute approximate surface area is 306 Å². The lowest BCUT2D eigenvalue weighted by molar-refractivity contribution is 0.424. The molecule has 0 spiro atoms. The molecule has 0 radical (unpaired) electrons. The Morgan fingerprint density at radius 2 is 1.26 bits per heavy atom. The molecule has 10 aromatic rings. The van der Waals surface area contributed by atoms with Gasteiger partial charge in [0.15, 0.2) is 5.75 Å². The highest BCUT2D eigenvalue weighted by Gasteiger charge is 2.38. The second-order valence-electron chi connectivity index (χ2n) is 14.6. The zero-order valence-corrected chi connectivity index (χ0v) is 29.3. The maximum absolute atomic E-state index is 7.00. The normalized spacial score (nSPS) is 13.4. The first-order chi connectivity index (χ1) is 26.0. The van der Waals surface area contributed by atoms with Crippen LogP contribution in [-0.2, 0) is 5.41 Å². The van der Waals surface area contributed by atoms with E-state index in [1.54, 1.807) is 0 Å². The van der Waals surface area contributed by atoms with Crippen molar-refractivity contribution >= 4 is 54.3 Å². The lowest BCUT2D eigenvalue weighted by atomic mass is 9.73. The van der Waals surface area contributed by atoms with Gasteiger partial charge in [-0.05, 0) is 57.6 Å². The fourth-order valence-corrected chi connectivity index (χ4v) is 8.73. The first kappa shape index (κ1) is 29.9. The van der Waals surface area contributed by atoms with Crippen LogP contribution in [-0.4, -0.2) is 14.5 Å². The summed E-state index contributed by atoms with van der Waals surface area (Å²) in [6.45, 7) is 4.63. The van der Waals surface area contributed by atoms with Crippen LogP contribution in [0.2, 0.25) is 0 Å². The van der Waals surface area contributed by atoms with E-state index in [9.17, 15) is 0 Å². The summed E-state index contributed by atoms with van der Waals surface area (Å²) in [5.74, 6) is 2.63. The molecule has 0 saturated carbocycles. The van der Waals surface area contributed by atoms with Crippen molar-refractivity contribution in [3.8, 4) is 39.7 Å². The molecule has 4 heteroatoms. The summed E-state index contributed by atoms with van der Waals surface area (Å²) in [4.78, 5) is 10.5. The molecular weight excluding hydrogens is 647 g/mol. The van der Waals surface area contributed by atoms with Gasteiger partial charge in [-0.2, -0.15) is 0 Å². The van der Waals surface area contributed by atoms with Crippen LogP contribution < -0.4 is 4.74 Å². The van der Waals surface area contributed by atoms with E-state index in [2.05, 4.69) is 170 Å². The van der Waals surface area contributed by atoms with Gasteiger partial charge in [0, 0.05) is 49.8 Å². The highest BCUT2D eigenvalue weighted by Crippen LogP contribution is 2.55. The number of hydrogen-bond acceptors (Lipinski definition) is 3. The second-order valence-corrected chi connectivity index (χ2v) is 14.6. The number of ether oxygens (including phenoxy) is 1. The number of rotatable bonds is 3. The summed E-state index contributed by atoms with van der Waals surface area (Å²) in [6, 6.07) is 55.8. The molecule has 1 aliphatic rings. The average Bonchev–Trinajstić information content (AvgIpc) is 3.56. The predicted octanol–water partition coefficient (Wildman–Crippen LogP) is 12.8. The van der Waals surface area contributed by atoms with Crippen molar-refractivity contribution in [2.24, 2.45) is 0 Å². The summed E-state index contributed by atoms with van der Waals surface area (Å²) in [5.41, 5.74) is 9.55. The molecule has 0 unspecified atom stereocenters. The van der Waals surface area contributed by atoms with E-state index in [-0.39, 0.29) is 5.41 Å². The van der Waals surface area contributed by atoms with Gasteiger partial charge in [-0.25, -0.2) is 9.97 Å². The number of para-hydroxylation sites is 2. The molecule has 0 N–H and O–H groups in total. The van der Waals surface area contributed by atoms with E-state index in [0.29, 0.717) is 0 Å². The Balaban J connectivity index is 1.15. The monoisotopic (exact) mass is 679 g/mol. The third kappa shape index (κ3) is 4.36. The summed E-state index contributed by atoms with van der Waals surface area (Å²) in [6.07, 6.45) is 2.00. The van der Waals surface area contributed by atoms with Crippen molar-refractivity contribution in [2.75, 3.05) is 0 Å². The molecular formula is C49H33N3O. The Bertz CT molecular complexity index is 3120. The van der Waals surface area contributed by atoms with E-state index in [1.807, 2.05) is 12.3 Å². The molecule has 3 aromatic heterocycles. The van der Waals surface area contributed by atoms with Gasteiger partial charge in [0.05, 0.1) is 22.2 Å². The molecule has 0 bridgehead atoms. The Kier molecular flexibility index (Phi) is 6.27. The molecule has 250 valence electrons. The molecule has 0 fully saturated rings. The topological polar surface area (TPSA) is 39.9 Å². The molecule has 4 nitrogen and oxygen atoms in total. The minimum absolute atomic E-state index is 0.293. The van der Waals surface area contributed by atoms with E-state index in [4.69, 9.17) is 14.7 Å². The summed E-state index contributed by atoms with van der Waals surface area (Å²) >= 11 is 0. The smallest absolute Gasteiger partial charge is 0.156 e. The number of hydrogen-bond donors (Lipinski definition) is 0. The van der Waals surface area contributed by atoms with Gasteiger partial charge >= 0.3 is 0 Å². The summed E-state index contributed by atoms with van der Waals surface area (Å²) in [5, 5.41) is 7.96.